The lowest BCUT2D eigenvalue weighted by atomic mass is 10.1. The molecule has 9 heteroatoms. The Bertz CT molecular complexity index is 1000. The van der Waals surface area contributed by atoms with Gasteiger partial charge >= 0.3 is 0 Å². The quantitative estimate of drug-likeness (QED) is 0.625. The van der Waals surface area contributed by atoms with Gasteiger partial charge < -0.3 is 9.88 Å². The van der Waals surface area contributed by atoms with Crippen molar-refractivity contribution in [2.75, 3.05) is 19.6 Å². The molecule has 5 nitrogen and oxygen atoms in total. The van der Waals surface area contributed by atoms with Gasteiger partial charge in [0.15, 0.2) is 0 Å². The molecule has 0 saturated carbocycles. The standard InChI is InChI=1S/C20H22FN3O2S.2ClH/c21-16-7-5-15(6-8-16)9-12-24-13-10-17(11-14-24)27(25,26)20-22-18-3-1-2-4-19(18)23-20;;/h1-8,17H,9-14H2,(H,22,23);2*1H. The number of benzene rings is 2. The molecule has 3 aromatic rings. The van der Waals surface area contributed by atoms with Crippen LogP contribution in [0.15, 0.2) is 53.7 Å². The predicted molar refractivity (Wildman–Crippen MR) is 117 cm³/mol. The number of para-hydroxylation sites is 2. The maximum Gasteiger partial charge on any atom is 0.226 e. The number of halogens is 3. The van der Waals surface area contributed by atoms with E-state index >= 15 is 0 Å². The minimum absolute atomic E-state index is 0. The monoisotopic (exact) mass is 459 g/mol. The number of nitrogens with zero attached hydrogens (tertiary/aromatic N) is 2. The van der Waals surface area contributed by atoms with Crippen molar-refractivity contribution in [1.82, 2.24) is 14.9 Å². The van der Waals surface area contributed by atoms with E-state index in [0.29, 0.717) is 18.4 Å². The summed E-state index contributed by atoms with van der Waals surface area (Å²) in [7, 11) is -3.45. The summed E-state index contributed by atoms with van der Waals surface area (Å²) in [6.07, 6.45) is 2.03. The Morgan fingerprint density at radius 1 is 1.03 bits per heavy atom. The van der Waals surface area contributed by atoms with E-state index < -0.39 is 15.1 Å². The highest BCUT2D eigenvalue weighted by Gasteiger charge is 2.33. The zero-order chi connectivity index (χ0) is 18.9. The molecule has 158 valence electrons. The summed E-state index contributed by atoms with van der Waals surface area (Å²) >= 11 is 0. The van der Waals surface area contributed by atoms with E-state index in [1.54, 1.807) is 12.1 Å². The van der Waals surface area contributed by atoms with Gasteiger partial charge in [-0.2, -0.15) is 0 Å². The molecule has 1 fully saturated rings. The van der Waals surface area contributed by atoms with Crippen LogP contribution in [0.5, 0.6) is 0 Å². The number of H-pyrrole nitrogens is 1. The molecular weight excluding hydrogens is 436 g/mol. The van der Waals surface area contributed by atoms with Gasteiger partial charge in [0.05, 0.1) is 16.3 Å². The van der Waals surface area contributed by atoms with Gasteiger partial charge in [0, 0.05) is 6.54 Å². The van der Waals surface area contributed by atoms with Crippen molar-refractivity contribution in [2.45, 2.75) is 29.7 Å². The molecule has 0 bridgehead atoms. The molecule has 0 atom stereocenters. The lowest BCUT2D eigenvalue weighted by Gasteiger charge is -2.31. The Labute approximate surface area is 182 Å². The number of hydrogen-bond acceptors (Lipinski definition) is 4. The summed E-state index contributed by atoms with van der Waals surface area (Å²) in [5.41, 5.74) is 2.51. The van der Waals surface area contributed by atoms with Crippen molar-refractivity contribution < 1.29 is 12.8 Å². The normalized spacial score (nSPS) is 15.6. The molecule has 1 aliphatic heterocycles. The van der Waals surface area contributed by atoms with Crippen LogP contribution in [0.25, 0.3) is 11.0 Å². The van der Waals surface area contributed by atoms with Crippen molar-refractivity contribution in [1.29, 1.82) is 0 Å². The molecule has 29 heavy (non-hydrogen) atoms. The first kappa shape index (κ1) is 23.6. The average Bonchev–Trinajstić information content (AvgIpc) is 3.13. The summed E-state index contributed by atoms with van der Waals surface area (Å²) < 4.78 is 38.8. The number of nitrogens with one attached hydrogen (secondary N) is 1. The van der Waals surface area contributed by atoms with Gasteiger partial charge in [0.1, 0.15) is 5.82 Å². The van der Waals surface area contributed by atoms with Crippen molar-refractivity contribution in [3.05, 3.63) is 59.9 Å². The van der Waals surface area contributed by atoms with E-state index in [4.69, 9.17) is 0 Å². The average molecular weight is 460 g/mol. The Balaban J connectivity index is 0.00000150. The number of hydrogen-bond donors (Lipinski definition) is 1. The number of aromatic amines is 1. The van der Waals surface area contributed by atoms with Gasteiger partial charge in [-0.3, -0.25) is 0 Å². The SMILES string of the molecule is Cl.Cl.O=S(=O)(c1nc2ccccc2[nH]1)C1CCN(CCc2ccc(F)cc2)CC1. The van der Waals surface area contributed by atoms with Crippen molar-refractivity contribution in [3.8, 4) is 0 Å². The molecule has 0 spiro atoms. The summed E-state index contributed by atoms with van der Waals surface area (Å²) in [6, 6.07) is 13.9. The van der Waals surface area contributed by atoms with Crippen LogP contribution in [0, 0.1) is 5.82 Å². The van der Waals surface area contributed by atoms with Crippen LogP contribution in [0.4, 0.5) is 4.39 Å². The third-order valence-electron chi connectivity index (χ3n) is 5.24. The Hall–Kier alpha value is -1.67. The summed E-state index contributed by atoms with van der Waals surface area (Å²) in [5, 5.41) is -0.325. The van der Waals surface area contributed by atoms with Crippen molar-refractivity contribution in [3.63, 3.8) is 0 Å². The summed E-state index contributed by atoms with van der Waals surface area (Å²) in [6.45, 7) is 2.33. The van der Waals surface area contributed by atoms with Gasteiger partial charge in [0.2, 0.25) is 15.0 Å². The van der Waals surface area contributed by atoms with Crippen LogP contribution in [-0.2, 0) is 16.3 Å². The molecule has 1 saturated heterocycles. The van der Waals surface area contributed by atoms with Gasteiger partial charge in [-0.1, -0.05) is 24.3 Å². The van der Waals surface area contributed by atoms with Gasteiger partial charge in [-0.25, -0.2) is 17.8 Å². The first-order chi connectivity index (χ1) is 13.0. The number of aromatic nitrogens is 2. The summed E-state index contributed by atoms with van der Waals surface area (Å²) in [4.78, 5) is 9.50. The van der Waals surface area contributed by atoms with Crippen molar-refractivity contribution >= 4 is 45.7 Å². The second-order valence-electron chi connectivity index (χ2n) is 7.02. The smallest absolute Gasteiger partial charge is 0.226 e. The molecule has 0 unspecified atom stereocenters. The van der Waals surface area contributed by atoms with Crippen molar-refractivity contribution in [2.24, 2.45) is 0 Å². The van der Waals surface area contributed by atoms with Crippen LogP contribution in [0.2, 0.25) is 0 Å². The van der Waals surface area contributed by atoms with E-state index in [-0.39, 0.29) is 35.8 Å². The first-order valence-corrected chi connectivity index (χ1v) is 10.7. The van der Waals surface area contributed by atoms with E-state index in [0.717, 1.165) is 37.1 Å². The van der Waals surface area contributed by atoms with Gasteiger partial charge in [0.25, 0.3) is 0 Å². The third-order valence-corrected chi connectivity index (χ3v) is 7.32. The van der Waals surface area contributed by atoms with Gasteiger partial charge in [-0.15, -0.1) is 24.8 Å². The minimum atomic E-state index is -3.45. The number of likely N-dealkylation sites (tertiary alicyclic amines) is 1. The molecule has 1 aliphatic rings. The van der Waals surface area contributed by atoms with Crippen LogP contribution >= 0.6 is 24.8 Å². The first-order valence-electron chi connectivity index (χ1n) is 9.18. The molecular formula is C20H24Cl2FN3O2S. The number of rotatable bonds is 5. The minimum Gasteiger partial charge on any atom is -0.329 e. The summed E-state index contributed by atoms with van der Waals surface area (Å²) in [5.74, 6) is -0.227. The molecule has 4 rings (SSSR count). The zero-order valence-corrected chi connectivity index (χ0v) is 18.2. The predicted octanol–water partition coefficient (Wildman–Crippen LogP) is 4.03. The topological polar surface area (TPSA) is 66.1 Å². The van der Waals surface area contributed by atoms with Crippen LogP contribution in [-0.4, -0.2) is 48.2 Å². The molecule has 2 aromatic carbocycles. The number of piperidine rings is 1. The molecule has 0 aliphatic carbocycles. The molecule has 0 radical (unpaired) electrons. The molecule has 2 heterocycles. The van der Waals surface area contributed by atoms with E-state index in [1.165, 1.54) is 12.1 Å². The third kappa shape index (κ3) is 5.28. The highest BCUT2D eigenvalue weighted by molar-refractivity contribution is 7.91. The number of imidazole rings is 1. The maximum absolute atomic E-state index is 13.0. The Kier molecular flexibility index (Phi) is 8.05. The van der Waals surface area contributed by atoms with E-state index in [1.807, 2.05) is 24.3 Å². The van der Waals surface area contributed by atoms with Crippen LogP contribution < -0.4 is 0 Å². The highest BCUT2D eigenvalue weighted by Crippen LogP contribution is 2.25. The van der Waals surface area contributed by atoms with Crippen LogP contribution in [0.1, 0.15) is 18.4 Å². The molecule has 0 amide bonds. The second-order valence-corrected chi connectivity index (χ2v) is 9.16. The molecule has 1 N–H and O–H groups in total. The van der Waals surface area contributed by atoms with E-state index in [9.17, 15) is 12.8 Å². The number of fused-ring (bicyclic) bond motifs is 1. The Morgan fingerprint density at radius 3 is 2.34 bits per heavy atom. The Morgan fingerprint density at radius 2 is 1.69 bits per heavy atom. The lowest BCUT2D eigenvalue weighted by molar-refractivity contribution is 0.232. The fourth-order valence-electron chi connectivity index (χ4n) is 3.60. The van der Waals surface area contributed by atoms with E-state index in [2.05, 4.69) is 14.9 Å². The van der Waals surface area contributed by atoms with Crippen LogP contribution in [0.3, 0.4) is 0 Å². The largest absolute Gasteiger partial charge is 0.329 e. The fraction of sp³-hybridized carbons (Fsp3) is 0.350. The van der Waals surface area contributed by atoms with Gasteiger partial charge in [-0.05, 0) is 62.2 Å². The number of sulfone groups is 1. The highest BCUT2D eigenvalue weighted by atomic mass is 35.5. The maximum atomic E-state index is 13.0. The second kappa shape index (κ2) is 9.89. The fourth-order valence-corrected chi connectivity index (χ4v) is 5.23. The molecule has 1 aromatic heterocycles. The zero-order valence-electron chi connectivity index (χ0n) is 15.8. The lowest BCUT2D eigenvalue weighted by Crippen LogP contribution is -2.40.